The highest BCUT2D eigenvalue weighted by atomic mass is 32.2. The van der Waals surface area contributed by atoms with Crippen LogP contribution in [0, 0.1) is 0 Å². The molecule has 0 bridgehead atoms. The maximum Gasteiger partial charge on any atom is 0.286 e. The van der Waals surface area contributed by atoms with Crippen molar-refractivity contribution in [1.82, 2.24) is 4.90 Å². The minimum absolute atomic E-state index is 0.152. The summed E-state index contributed by atoms with van der Waals surface area (Å²) in [5.41, 5.74) is 2.15. The smallest absolute Gasteiger partial charge is 0.286 e. The largest absolute Gasteiger partial charge is 0.378 e. The fraction of sp³-hybridized carbons (Fsp3) is 0.444. The molecule has 1 fully saturated rings. The van der Waals surface area contributed by atoms with E-state index >= 15 is 0 Å². The highest BCUT2D eigenvalue weighted by molar-refractivity contribution is 8.18. The monoisotopic (exact) mass is 345 g/mol. The topological polar surface area (TPSA) is 45.1 Å². The van der Waals surface area contributed by atoms with Gasteiger partial charge in [0.15, 0.2) is 5.17 Å². The number of aliphatic imine (C=N–C) groups is 1. The van der Waals surface area contributed by atoms with Crippen molar-refractivity contribution in [3.8, 4) is 0 Å². The molecule has 0 N–H and O–H groups in total. The van der Waals surface area contributed by atoms with Crippen LogP contribution >= 0.6 is 11.8 Å². The van der Waals surface area contributed by atoms with Crippen LogP contribution in [0.15, 0.2) is 34.2 Å². The van der Waals surface area contributed by atoms with E-state index in [9.17, 15) is 4.79 Å². The van der Waals surface area contributed by atoms with E-state index in [2.05, 4.69) is 9.89 Å². The van der Waals surface area contributed by atoms with Crippen LogP contribution in [0.1, 0.15) is 19.4 Å². The molecule has 2 heterocycles. The number of hydrogen-bond acceptors (Lipinski definition) is 5. The zero-order chi connectivity index (χ0) is 17.3. The lowest BCUT2D eigenvalue weighted by molar-refractivity contribution is -0.113. The molecule has 6 heteroatoms. The van der Waals surface area contributed by atoms with Gasteiger partial charge in [0, 0.05) is 32.9 Å². The Morgan fingerprint density at radius 3 is 2.42 bits per heavy atom. The minimum atomic E-state index is -0.154. The Bertz CT molecular complexity index is 672. The van der Waals surface area contributed by atoms with Gasteiger partial charge in [0.1, 0.15) is 0 Å². The number of hydrogen-bond donors (Lipinski definition) is 0. The molecular weight excluding hydrogens is 322 g/mol. The van der Waals surface area contributed by atoms with Gasteiger partial charge < -0.3 is 14.5 Å². The van der Waals surface area contributed by atoms with Crippen LogP contribution in [0.5, 0.6) is 0 Å². The molecule has 2 atom stereocenters. The van der Waals surface area contributed by atoms with E-state index in [0.717, 1.165) is 29.5 Å². The summed E-state index contributed by atoms with van der Waals surface area (Å²) in [4.78, 5) is 21.3. The van der Waals surface area contributed by atoms with E-state index in [1.165, 1.54) is 11.8 Å². The second-order valence-electron chi connectivity index (χ2n) is 6.46. The van der Waals surface area contributed by atoms with Crippen molar-refractivity contribution in [1.29, 1.82) is 0 Å². The van der Waals surface area contributed by atoms with E-state index in [-0.39, 0.29) is 18.1 Å². The molecule has 0 aliphatic carbocycles. The molecule has 2 aliphatic rings. The molecule has 1 aromatic carbocycles. The molecule has 0 spiro atoms. The van der Waals surface area contributed by atoms with Crippen LogP contribution in [0.2, 0.25) is 0 Å². The molecule has 0 unspecified atom stereocenters. The average Bonchev–Trinajstić information content (AvgIpc) is 2.88. The predicted molar refractivity (Wildman–Crippen MR) is 100 cm³/mol. The Balaban J connectivity index is 1.72. The maximum absolute atomic E-state index is 12.2. The van der Waals surface area contributed by atoms with Gasteiger partial charge in [-0.15, -0.1) is 0 Å². The van der Waals surface area contributed by atoms with Gasteiger partial charge in [0.2, 0.25) is 0 Å². The second kappa shape index (κ2) is 6.99. The third-order valence-electron chi connectivity index (χ3n) is 4.01. The molecular formula is C18H23N3O2S. The highest BCUT2D eigenvalue weighted by Gasteiger charge is 2.30. The maximum atomic E-state index is 12.2. The third-order valence-corrected chi connectivity index (χ3v) is 5.05. The summed E-state index contributed by atoms with van der Waals surface area (Å²) in [7, 11) is 4.02. The van der Waals surface area contributed by atoms with Crippen molar-refractivity contribution in [3.63, 3.8) is 0 Å². The summed E-state index contributed by atoms with van der Waals surface area (Å²) in [5, 5.41) is 0.790. The van der Waals surface area contributed by atoms with Gasteiger partial charge in [-0.3, -0.25) is 4.79 Å². The molecule has 24 heavy (non-hydrogen) atoms. The molecule has 1 aromatic rings. The van der Waals surface area contributed by atoms with Gasteiger partial charge in [0.05, 0.1) is 17.1 Å². The molecule has 5 nitrogen and oxygen atoms in total. The number of morpholine rings is 1. The molecule has 3 rings (SSSR count). The second-order valence-corrected chi connectivity index (χ2v) is 7.47. The summed E-state index contributed by atoms with van der Waals surface area (Å²) >= 11 is 1.46. The number of rotatable bonds is 2. The first-order valence-electron chi connectivity index (χ1n) is 8.13. The summed E-state index contributed by atoms with van der Waals surface area (Å²) in [6, 6.07) is 8.13. The van der Waals surface area contributed by atoms with E-state index in [0.29, 0.717) is 4.91 Å². The van der Waals surface area contributed by atoms with Gasteiger partial charge in [-0.1, -0.05) is 12.1 Å². The molecule has 0 radical (unpaired) electrons. The van der Waals surface area contributed by atoms with Crippen molar-refractivity contribution >= 4 is 34.6 Å². The number of benzene rings is 1. The van der Waals surface area contributed by atoms with Crippen molar-refractivity contribution in [2.45, 2.75) is 26.1 Å². The first-order chi connectivity index (χ1) is 11.4. The molecule has 1 amide bonds. The fourth-order valence-electron chi connectivity index (χ4n) is 2.89. The predicted octanol–water partition coefficient (Wildman–Crippen LogP) is 2.83. The number of thioether (sulfide) groups is 1. The summed E-state index contributed by atoms with van der Waals surface area (Å²) in [6.45, 7) is 5.64. The molecule has 2 aliphatic heterocycles. The van der Waals surface area contributed by atoms with Crippen LogP contribution < -0.4 is 4.90 Å². The van der Waals surface area contributed by atoms with Crippen LogP contribution in [0.4, 0.5) is 5.69 Å². The quantitative estimate of drug-likeness (QED) is 0.771. The Labute approximate surface area is 147 Å². The normalized spacial score (nSPS) is 26.0. The Hall–Kier alpha value is -1.79. The number of amides is 1. The van der Waals surface area contributed by atoms with Gasteiger partial charge >= 0.3 is 0 Å². The van der Waals surface area contributed by atoms with Gasteiger partial charge in [-0.05, 0) is 49.4 Å². The molecule has 0 saturated carbocycles. The minimum Gasteiger partial charge on any atom is -0.378 e. The number of ether oxygens (including phenoxy) is 1. The highest BCUT2D eigenvalue weighted by Crippen LogP contribution is 2.31. The number of nitrogens with zero attached hydrogens (tertiary/aromatic N) is 3. The SMILES string of the molecule is C[C@H]1CN(C2=NC(=O)/C(=C/c3ccc(N(C)C)cc3)S2)C[C@H](C)O1. The van der Waals surface area contributed by atoms with Crippen LogP contribution in [0.3, 0.4) is 0 Å². The molecule has 0 aromatic heterocycles. The lowest BCUT2D eigenvalue weighted by atomic mass is 10.2. The molecule has 1 saturated heterocycles. The van der Waals surface area contributed by atoms with Crippen LogP contribution in [-0.2, 0) is 9.53 Å². The van der Waals surface area contributed by atoms with Gasteiger partial charge in [-0.25, -0.2) is 0 Å². The van der Waals surface area contributed by atoms with Crippen LogP contribution in [-0.4, -0.2) is 55.4 Å². The zero-order valence-electron chi connectivity index (χ0n) is 14.5. The summed E-state index contributed by atoms with van der Waals surface area (Å²) in [6.07, 6.45) is 2.22. The number of carbonyl (C=O) groups excluding carboxylic acids is 1. The van der Waals surface area contributed by atoms with Gasteiger partial charge in [0.25, 0.3) is 5.91 Å². The Kier molecular flexibility index (Phi) is 4.96. The van der Waals surface area contributed by atoms with E-state index in [1.54, 1.807) is 0 Å². The lowest BCUT2D eigenvalue weighted by Gasteiger charge is -2.35. The van der Waals surface area contributed by atoms with E-state index in [4.69, 9.17) is 4.74 Å². The van der Waals surface area contributed by atoms with Gasteiger partial charge in [-0.2, -0.15) is 4.99 Å². The first-order valence-corrected chi connectivity index (χ1v) is 8.94. The lowest BCUT2D eigenvalue weighted by Crippen LogP contribution is -2.47. The van der Waals surface area contributed by atoms with Crippen LogP contribution in [0.25, 0.3) is 6.08 Å². The Morgan fingerprint density at radius 1 is 1.21 bits per heavy atom. The Morgan fingerprint density at radius 2 is 1.83 bits per heavy atom. The number of anilines is 1. The number of carbonyl (C=O) groups is 1. The zero-order valence-corrected chi connectivity index (χ0v) is 15.3. The van der Waals surface area contributed by atoms with E-state index < -0.39 is 0 Å². The van der Waals surface area contributed by atoms with Crippen molar-refractivity contribution in [2.24, 2.45) is 4.99 Å². The average molecular weight is 345 g/mol. The third kappa shape index (κ3) is 3.82. The summed E-state index contributed by atoms with van der Waals surface area (Å²) in [5.74, 6) is -0.154. The summed E-state index contributed by atoms with van der Waals surface area (Å²) < 4.78 is 5.75. The van der Waals surface area contributed by atoms with E-state index in [1.807, 2.05) is 63.2 Å². The van der Waals surface area contributed by atoms with Crippen molar-refractivity contribution < 1.29 is 9.53 Å². The first kappa shape index (κ1) is 17.0. The van der Waals surface area contributed by atoms with Crippen molar-refractivity contribution in [2.75, 3.05) is 32.1 Å². The van der Waals surface area contributed by atoms with Crippen molar-refractivity contribution in [3.05, 3.63) is 34.7 Å². The fourth-order valence-corrected chi connectivity index (χ4v) is 3.82. The standard InChI is InChI=1S/C18H23N3O2S/c1-12-10-21(11-13(2)23-12)18-19-17(22)16(24-18)9-14-5-7-15(8-6-14)20(3)4/h5-9,12-13H,10-11H2,1-4H3/b16-9-/t12-,13-/m0/s1. The number of amidine groups is 1. The molecule has 128 valence electrons.